The predicted octanol–water partition coefficient (Wildman–Crippen LogP) is 3.30. The van der Waals surface area contributed by atoms with Crippen LogP contribution >= 0.6 is 15.9 Å². The third-order valence-electron chi connectivity index (χ3n) is 4.35. The number of rotatable bonds is 3. The second-order valence-corrected chi connectivity index (χ2v) is 6.57. The number of piperidine rings is 1. The van der Waals surface area contributed by atoms with Gasteiger partial charge in [-0.3, -0.25) is 4.90 Å². The number of fused-ring (bicyclic) bond motifs is 1. The van der Waals surface area contributed by atoms with Crippen LogP contribution in [-0.2, 0) is 6.54 Å². The molecule has 2 unspecified atom stereocenters. The van der Waals surface area contributed by atoms with Gasteiger partial charge < -0.3 is 5.32 Å². The summed E-state index contributed by atoms with van der Waals surface area (Å²) in [4.78, 5) is 2.61. The normalized spacial score (nSPS) is 27.5. The van der Waals surface area contributed by atoms with E-state index in [9.17, 15) is 4.39 Å². The highest BCUT2D eigenvalue weighted by atomic mass is 79.9. The summed E-state index contributed by atoms with van der Waals surface area (Å²) >= 11 is 3.35. The minimum Gasteiger partial charge on any atom is -0.308 e. The van der Waals surface area contributed by atoms with Gasteiger partial charge in [0.05, 0.1) is 0 Å². The van der Waals surface area contributed by atoms with Gasteiger partial charge in [0, 0.05) is 29.6 Å². The third kappa shape index (κ3) is 3.18. The van der Waals surface area contributed by atoms with E-state index in [4.69, 9.17) is 0 Å². The molecule has 1 aromatic carbocycles. The van der Waals surface area contributed by atoms with Crippen molar-refractivity contribution in [1.29, 1.82) is 0 Å². The fourth-order valence-electron chi connectivity index (χ4n) is 3.45. The van der Waals surface area contributed by atoms with Gasteiger partial charge >= 0.3 is 0 Å². The van der Waals surface area contributed by atoms with Gasteiger partial charge in [0.15, 0.2) is 0 Å². The maximum Gasteiger partial charge on any atom is 0.124 e. The van der Waals surface area contributed by atoms with Crippen molar-refractivity contribution in [3.05, 3.63) is 34.1 Å². The Morgan fingerprint density at radius 3 is 2.95 bits per heavy atom. The summed E-state index contributed by atoms with van der Waals surface area (Å²) in [6.07, 6.45) is 5.23. The molecule has 0 spiro atoms. The van der Waals surface area contributed by atoms with Gasteiger partial charge in [0.2, 0.25) is 0 Å². The molecule has 2 heterocycles. The van der Waals surface area contributed by atoms with E-state index in [1.54, 1.807) is 6.07 Å². The summed E-state index contributed by atoms with van der Waals surface area (Å²) in [5.41, 5.74) is 1.01. The van der Waals surface area contributed by atoms with Gasteiger partial charge in [-0.2, -0.15) is 0 Å². The molecule has 0 aliphatic carbocycles. The van der Waals surface area contributed by atoms with Crippen LogP contribution in [0.1, 0.15) is 31.2 Å². The summed E-state index contributed by atoms with van der Waals surface area (Å²) in [5, 5.41) is 3.62. The molecule has 104 valence electrons. The maximum absolute atomic E-state index is 13.3. The summed E-state index contributed by atoms with van der Waals surface area (Å²) in [7, 11) is 0. The Balaban J connectivity index is 1.60. The lowest BCUT2D eigenvalue weighted by Crippen LogP contribution is -2.44. The van der Waals surface area contributed by atoms with Crippen LogP contribution in [-0.4, -0.2) is 30.1 Å². The first-order valence-electron chi connectivity index (χ1n) is 7.15. The van der Waals surface area contributed by atoms with E-state index in [2.05, 4.69) is 26.1 Å². The number of halogens is 2. The Morgan fingerprint density at radius 1 is 1.21 bits per heavy atom. The van der Waals surface area contributed by atoms with Crippen LogP contribution < -0.4 is 5.32 Å². The fourth-order valence-corrected chi connectivity index (χ4v) is 3.96. The fraction of sp³-hybridized carbons (Fsp3) is 0.600. The molecule has 1 N–H and O–H groups in total. The van der Waals surface area contributed by atoms with Gasteiger partial charge in [0.1, 0.15) is 5.82 Å². The molecule has 2 aliphatic heterocycles. The molecular weight excluding hydrogens is 307 g/mol. The van der Waals surface area contributed by atoms with Crippen LogP contribution in [0.4, 0.5) is 4.39 Å². The van der Waals surface area contributed by atoms with Crippen molar-refractivity contribution >= 4 is 15.9 Å². The predicted molar refractivity (Wildman–Crippen MR) is 78.6 cm³/mol. The quantitative estimate of drug-likeness (QED) is 0.916. The number of nitrogens with one attached hydrogen (secondary N) is 1. The highest BCUT2D eigenvalue weighted by Gasteiger charge is 2.34. The lowest BCUT2D eigenvalue weighted by atomic mass is 9.99. The Labute approximate surface area is 122 Å². The van der Waals surface area contributed by atoms with Crippen LogP contribution in [0.25, 0.3) is 0 Å². The zero-order valence-electron chi connectivity index (χ0n) is 11.0. The molecule has 0 aromatic heterocycles. The summed E-state index contributed by atoms with van der Waals surface area (Å²) in [6.45, 7) is 3.23. The first-order chi connectivity index (χ1) is 9.22. The topological polar surface area (TPSA) is 15.3 Å². The molecule has 2 aliphatic rings. The Hall–Kier alpha value is -0.450. The van der Waals surface area contributed by atoms with Crippen molar-refractivity contribution in [3.63, 3.8) is 0 Å². The molecule has 2 atom stereocenters. The second-order valence-electron chi connectivity index (χ2n) is 5.65. The van der Waals surface area contributed by atoms with E-state index in [0.717, 1.165) is 16.6 Å². The first kappa shape index (κ1) is 13.5. The second kappa shape index (κ2) is 5.90. The number of hydrogen-bond acceptors (Lipinski definition) is 2. The van der Waals surface area contributed by atoms with Crippen molar-refractivity contribution < 1.29 is 4.39 Å². The minimum absolute atomic E-state index is 0.170. The van der Waals surface area contributed by atoms with E-state index in [1.807, 2.05) is 6.07 Å². The van der Waals surface area contributed by atoms with Crippen molar-refractivity contribution in [1.82, 2.24) is 10.2 Å². The molecule has 19 heavy (non-hydrogen) atoms. The van der Waals surface area contributed by atoms with Crippen LogP contribution in [0, 0.1) is 5.82 Å². The SMILES string of the molecule is Fc1cc(Br)cc(CNC2CCN3CCCCC23)c1. The van der Waals surface area contributed by atoms with Crippen LogP contribution in [0.5, 0.6) is 0 Å². The Kier molecular flexibility index (Phi) is 4.20. The average Bonchev–Trinajstić information content (AvgIpc) is 2.78. The number of nitrogens with zero attached hydrogens (tertiary/aromatic N) is 1. The Bertz CT molecular complexity index is 432. The highest BCUT2D eigenvalue weighted by molar-refractivity contribution is 9.10. The summed E-state index contributed by atoms with van der Waals surface area (Å²) < 4.78 is 14.1. The Morgan fingerprint density at radius 2 is 2.11 bits per heavy atom. The van der Waals surface area contributed by atoms with Crippen LogP contribution in [0.2, 0.25) is 0 Å². The van der Waals surface area contributed by atoms with E-state index >= 15 is 0 Å². The largest absolute Gasteiger partial charge is 0.308 e. The van der Waals surface area contributed by atoms with Crippen LogP contribution in [0.3, 0.4) is 0 Å². The number of benzene rings is 1. The molecule has 2 fully saturated rings. The molecule has 1 aromatic rings. The molecule has 0 saturated carbocycles. The standard InChI is InChI=1S/C15H20BrFN2/c16-12-7-11(8-13(17)9-12)10-18-14-4-6-19-5-2-1-3-15(14)19/h7-9,14-15,18H,1-6,10H2. The lowest BCUT2D eigenvalue weighted by molar-refractivity contribution is 0.180. The number of hydrogen-bond donors (Lipinski definition) is 1. The monoisotopic (exact) mass is 326 g/mol. The molecule has 3 rings (SSSR count). The third-order valence-corrected chi connectivity index (χ3v) is 4.80. The molecule has 4 heteroatoms. The van der Waals surface area contributed by atoms with E-state index in [1.165, 1.54) is 44.8 Å². The van der Waals surface area contributed by atoms with Gasteiger partial charge in [-0.15, -0.1) is 0 Å². The smallest absolute Gasteiger partial charge is 0.124 e. The van der Waals surface area contributed by atoms with Crippen molar-refractivity contribution in [2.45, 2.75) is 44.3 Å². The van der Waals surface area contributed by atoms with Crippen molar-refractivity contribution in [3.8, 4) is 0 Å². The van der Waals surface area contributed by atoms with E-state index in [-0.39, 0.29) is 5.82 Å². The molecule has 0 amide bonds. The first-order valence-corrected chi connectivity index (χ1v) is 7.94. The highest BCUT2D eigenvalue weighted by Crippen LogP contribution is 2.27. The van der Waals surface area contributed by atoms with Gasteiger partial charge in [0.25, 0.3) is 0 Å². The summed E-state index contributed by atoms with van der Waals surface area (Å²) in [5.74, 6) is -0.170. The average molecular weight is 327 g/mol. The van der Waals surface area contributed by atoms with E-state index < -0.39 is 0 Å². The van der Waals surface area contributed by atoms with Gasteiger partial charge in [-0.25, -0.2) is 4.39 Å². The van der Waals surface area contributed by atoms with E-state index in [0.29, 0.717) is 12.1 Å². The molecule has 2 nitrogen and oxygen atoms in total. The summed E-state index contributed by atoms with van der Waals surface area (Å²) in [6, 6.07) is 6.38. The minimum atomic E-state index is -0.170. The van der Waals surface area contributed by atoms with Gasteiger partial charge in [-0.1, -0.05) is 22.4 Å². The zero-order chi connectivity index (χ0) is 13.2. The van der Waals surface area contributed by atoms with Crippen molar-refractivity contribution in [2.24, 2.45) is 0 Å². The van der Waals surface area contributed by atoms with Crippen molar-refractivity contribution in [2.75, 3.05) is 13.1 Å². The maximum atomic E-state index is 13.3. The van der Waals surface area contributed by atoms with Gasteiger partial charge in [-0.05, 0) is 49.6 Å². The molecule has 0 radical (unpaired) electrons. The van der Waals surface area contributed by atoms with Crippen LogP contribution in [0.15, 0.2) is 22.7 Å². The molecule has 0 bridgehead atoms. The molecule has 2 saturated heterocycles. The zero-order valence-corrected chi connectivity index (χ0v) is 12.6. The lowest BCUT2D eigenvalue weighted by Gasteiger charge is -2.32. The molecular formula is C15H20BrFN2.